The molecule has 0 radical (unpaired) electrons. The number of nitrogens with zero attached hydrogens (tertiary/aromatic N) is 3. The average molecular weight is 540 g/mol. The van der Waals surface area contributed by atoms with E-state index >= 15 is 0 Å². The second kappa shape index (κ2) is 11.5. The lowest BCUT2D eigenvalue weighted by molar-refractivity contribution is -0.139. The lowest BCUT2D eigenvalue weighted by Gasteiger charge is -2.27. The number of aliphatic hydroxyl groups is 1. The van der Waals surface area contributed by atoms with Gasteiger partial charge in [-0.25, -0.2) is 4.99 Å². The van der Waals surface area contributed by atoms with Crippen LogP contribution in [0, 0.1) is 5.92 Å². The Labute approximate surface area is 225 Å². The number of rotatable bonds is 10. The zero-order valence-corrected chi connectivity index (χ0v) is 21.8. The quantitative estimate of drug-likeness (QED) is 0.319. The van der Waals surface area contributed by atoms with Crippen molar-refractivity contribution in [2.45, 2.75) is 57.7 Å². The fourth-order valence-electron chi connectivity index (χ4n) is 4.70. The van der Waals surface area contributed by atoms with Crippen molar-refractivity contribution in [3.05, 3.63) is 101 Å². The van der Waals surface area contributed by atoms with E-state index in [2.05, 4.69) is 29.1 Å². The average Bonchev–Trinajstić information content (AvgIpc) is 3.16. The Morgan fingerprint density at radius 1 is 1.08 bits per heavy atom. The standard InChI is InChI=1S/C29H32F3N5O2/c1-19(2)12-13-28(22-8-4-3-5-9-22)26(39)37(27(33)36-28)18-20-10-11-24(29(30,31)32)23(15-20)25(38)35-17-21-7-6-14-34-16-21/h3-11,14-16,19,25,35,38H,12-13,17-18H2,1-2H3,(H2,33,36)/t25?,28-/m1/s1. The first-order valence-electron chi connectivity index (χ1n) is 12.7. The number of hydrogen-bond acceptors (Lipinski definition) is 6. The summed E-state index contributed by atoms with van der Waals surface area (Å²) in [5.74, 6) is -0.00477. The molecule has 0 bridgehead atoms. The van der Waals surface area contributed by atoms with Crippen molar-refractivity contribution in [3.63, 3.8) is 0 Å². The lowest BCUT2D eigenvalue weighted by atomic mass is 9.83. The smallest absolute Gasteiger partial charge is 0.374 e. The van der Waals surface area contributed by atoms with Gasteiger partial charge < -0.3 is 10.8 Å². The number of guanidine groups is 1. The first-order valence-corrected chi connectivity index (χ1v) is 12.7. The van der Waals surface area contributed by atoms with Crippen LogP contribution in [-0.4, -0.2) is 26.9 Å². The molecular weight excluding hydrogens is 507 g/mol. The maximum atomic E-state index is 13.8. The number of amides is 1. The van der Waals surface area contributed by atoms with Gasteiger partial charge in [0.25, 0.3) is 5.91 Å². The molecule has 2 aromatic carbocycles. The molecule has 1 aliphatic heterocycles. The van der Waals surface area contributed by atoms with E-state index in [-0.39, 0.29) is 30.5 Å². The number of benzene rings is 2. The Balaban J connectivity index is 1.62. The molecule has 206 valence electrons. The van der Waals surface area contributed by atoms with Crippen LogP contribution in [0.2, 0.25) is 0 Å². The van der Waals surface area contributed by atoms with Crippen LogP contribution in [0.1, 0.15) is 60.7 Å². The summed E-state index contributed by atoms with van der Waals surface area (Å²) in [6.07, 6.45) is -2.00. The number of carbonyl (C=O) groups is 1. The van der Waals surface area contributed by atoms with Crippen molar-refractivity contribution in [1.29, 1.82) is 0 Å². The van der Waals surface area contributed by atoms with Crippen molar-refractivity contribution in [1.82, 2.24) is 15.2 Å². The molecule has 4 rings (SSSR count). The third kappa shape index (κ3) is 6.29. The summed E-state index contributed by atoms with van der Waals surface area (Å²) in [4.78, 5) is 23.7. The number of aliphatic hydroxyl groups excluding tert-OH is 1. The van der Waals surface area contributed by atoms with E-state index in [0.717, 1.165) is 12.5 Å². The van der Waals surface area contributed by atoms with Gasteiger partial charge in [0, 0.05) is 24.5 Å². The van der Waals surface area contributed by atoms with Crippen LogP contribution in [-0.2, 0) is 29.6 Å². The van der Waals surface area contributed by atoms with Crippen molar-refractivity contribution in [2.75, 3.05) is 0 Å². The van der Waals surface area contributed by atoms with E-state index in [1.165, 1.54) is 17.0 Å². The van der Waals surface area contributed by atoms with E-state index in [0.29, 0.717) is 29.0 Å². The Morgan fingerprint density at radius 2 is 1.82 bits per heavy atom. The highest BCUT2D eigenvalue weighted by Gasteiger charge is 2.48. The summed E-state index contributed by atoms with van der Waals surface area (Å²) in [5.41, 5.74) is 5.52. The molecule has 10 heteroatoms. The number of hydrogen-bond donors (Lipinski definition) is 3. The van der Waals surface area contributed by atoms with Crippen LogP contribution >= 0.6 is 0 Å². The highest BCUT2D eigenvalue weighted by Crippen LogP contribution is 2.40. The highest BCUT2D eigenvalue weighted by molar-refractivity contribution is 6.07. The lowest BCUT2D eigenvalue weighted by Crippen LogP contribution is -2.42. The van der Waals surface area contributed by atoms with Crippen LogP contribution in [0.3, 0.4) is 0 Å². The number of alkyl halides is 3. The molecule has 1 unspecified atom stereocenters. The minimum absolute atomic E-state index is 0.00399. The molecule has 7 nitrogen and oxygen atoms in total. The van der Waals surface area contributed by atoms with Gasteiger partial charge in [0.2, 0.25) is 0 Å². The van der Waals surface area contributed by atoms with Crippen LogP contribution in [0.4, 0.5) is 13.2 Å². The monoisotopic (exact) mass is 539 g/mol. The van der Waals surface area contributed by atoms with Gasteiger partial charge in [-0.1, -0.05) is 56.3 Å². The molecule has 2 atom stereocenters. The maximum absolute atomic E-state index is 13.8. The van der Waals surface area contributed by atoms with Gasteiger partial charge >= 0.3 is 6.18 Å². The molecule has 4 N–H and O–H groups in total. The third-order valence-corrected chi connectivity index (χ3v) is 6.79. The molecule has 39 heavy (non-hydrogen) atoms. The third-order valence-electron chi connectivity index (χ3n) is 6.79. The van der Waals surface area contributed by atoms with Gasteiger partial charge in [-0.2, -0.15) is 13.2 Å². The Bertz CT molecular complexity index is 1320. The van der Waals surface area contributed by atoms with Crippen LogP contribution in [0.15, 0.2) is 78.0 Å². The maximum Gasteiger partial charge on any atom is 0.416 e. The summed E-state index contributed by atoms with van der Waals surface area (Å²) in [7, 11) is 0. The zero-order valence-electron chi connectivity index (χ0n) is 21.8. The molecule has 0 fully saturated rings. The van der Waals surface area contributed by atoms with E-state index < -0.39 is 23.5 Å². The second-order valence-electron chi connectivity index (χ2n) is 10.1. The van der Waals surface area contributed by atoms with Crippen LogP contribution in [0.5, 0.6) is 0 Å². The van der Waals surface area contributed by atoms with Crippen LogP contribution < -0.4 is 11.1 Å². The fourth-order valence-corrected chi connectivity index (χ4v) is 4.70. The summed E-state index contributed by atoms with van der Waals surface area (Å²) >= 11 is 0. The Hall–Kier alpha value is -3.76. The van der Waals surface area contributed by atoms with E-state index in [1.54, 1.807) is 24.5 Å². The van der Waals surface area contributed by atoms with Crippen molar-refractivity contribution >= 4 is 11.9 Å². The second-order valence-corrected chi connectivity index (χ2v) is 10.1. The Morgan fingerprint density at radius 3 is 2.46 bits per heavy atom. The van der Waals surface area contributed by atoms with Gasteiger partial charge in [-0.3, -0.25) is 20.0 Å². The van der Waals surface area contributed by atoms with Crippen molar-refractivity contribution in [2.24, 2.45) is 16.6 Å². The SMILES string of the molecule is CC(C)CC[C@]1(c2ccccc2)N=C(N)N(Cc2ccc(C(F)(F)F)c(C(O)NCc3cccnc3)c2)C1=O. The molecule has 0 saturated carbocycles. The van der Waals surface area contributed by atoms with Gasteiger partial charge in [0.15, 0.2) is 11.5 Å². The predicted octanol–water partition coefficient (Wildman–Crippen LogP) is 4.87. The van der Waals surface area contributed by atoms with Crippen molar-refractivity contribution in [3.8, 4) is 0 Å². The minimum Gasteiger partial charge on any atom is -0.374 e. The van der Waals surface area contributed by atoms with Gasteiger partial charge in [-0.15, -0.1) is 0 Å². The molecule has 3 aromatic rings. The van der Waals surface area contributed by atoms with Gasteiger partial charge in [-0.05, 0) is 53.6 Å². The van der Waals surface area contributed by atoms with Crippen molar-refractivity contribution < 1.29 is 23.1 Å². The number of nitrogens with two attached hydrogens (primary N) is 1. The largest absolute Gasteiger partial charge is 0.416 e. The van der Waals surface area contributed by atoms with E-state index in [1.807, 2.05) is 30.3 Å². The van der Waals surface area contributed by atoms with E-state index in [4.69, 9.17) is 5.73 Å². The number of carbonyl (C=O) groups excluding carboxylic acids is 1. The zero-order chi connectivity index (χ0) is 28.2. The number of halogens is 3. The van der Waals surface area contributed by atoms with E-state index in [9.17, 15) is 23.1 Å². The normalized spacial score (nSPS) is 18.5. The molecule has 1 aromatic heterocycles. The topological polar surface area (TPSA) is 104 Å². The summed E-state index contributed by atoms with van der Waals surface area (Å²) in [5, 5.41) is 13.4. The molecule has 0 aliphatic carbocycles. The molecule has 2 heterocycles. The number of aromatic nitrogens is 1. The molecular formula is C29H32F3N5O2. The predicted molar refractivity (Wildman–Crippen MR) is 142 cm³/mol. The number of aliphatic imine (C=N–C) groups is 1. The summed E-state index contributed by atoms with van der Waals surface area (Å²) < 4.78 is 41.5. The number of nitrogens with one attached hydrogen (secondary N) is 1. The first kappa shape index (κ1) is 28.3. The van der Waals surface area contributed by atoms with Crippen LogP contribution in [0.25, 0.3) is 0 Å². The molecule has 1 aliphatic rings. The first-order chi connectivity index (χ1) is 18.5. The molecule has 0 saturated heterocycles. The molecule has 0 spiro atoms. The minimum atomic E-state index is -4.69. The summed E-state index contributed by atoms with van der Waals surface area (Å²) in [6.45, 7) is 4.13. The highest BCUT2D eigenvalue weighted by atomic mass is 19.4. The number of pyridine rings is 1. The van der Waals surface area contributed by atoms with Gasteiger partial charge in [0.05, 0.1) is 12.1 Å². The Kier molecular flexibility index (Phi) is 8.36. The summed E-state index contributed by atoms with van der Waals surface area (Å²) in [6, 6.07) is 16.1. The fraction of sp³-hybridized carbons (Fsp3) is 0.345. The van der Waals surface area contributed by atoms with Gasteiger partial charge in [0.1, 0.15) is 6.23 Å². The molecule has 1 amide bonds.